The van der Waals surface area contributed by atoms with Gasteiger partial charge in [0, 0.05) is 43.9 Å². The van der Waals surface area contributed by atoms with Gasteiger partial charge in [0.15, 0.2) is 0 Å². The van der Waals surface area contributed by atoms with Crippen LogP contribution in [0.3, 0.4) is 0 Å². The molecule has 16 heavy (non-hydrogen) atoms. The minimum Gasteiger partial charge on any atom is -0.381 e. The fourth-order valence-electron chi connectivity index (χ4n) is 2.60. The minimum atomic E-state index is 0.414. The van der Waals surface area contributed by atoms with Gasteiger partial charge in [0.2, 0.25) is 0 Å². The Morgan fingerprint density at radius 1 is 1.44 bits per heavy atom. The van der Waals surface area contributed by atoms with E-state index in [0.29, 0.717) is 5.41 Å². The third-order valence-corrected chi connectivity index (χ3v) is 5.79. The largest absolute Gasteiger partial charge is 0.381 e. The zero-order valence-electron chi connectivity index (χ0n) is 10.2. The van der Waals surface area contributed by atoms with Gasteiger partial charge in [-0.05, 0) is 30.9 Å². The van der Waals surface area contributed by atoms with Crippen LogP contribution in [0, 0.1) is 5.41 Å². The van der Waals surface area contributed by atoms with Gasteiger partial charge in [-0.15, -0.1) is 0 Å². The van der Waals surface area contributed by atoms with E-state index in [9.17, 15) is 0 Å². The molecule has 2 nitrogen and oxygen atoms in total. The van der Waals surface area contributed by atoms with Crippen molar-refractivity contribution in [1.82, 2.24) is 4.90 Å². The van der Waals surface area contributed by atoms with Crippen molar-refractivity contribution in [2.24, 2.45) is 5.41 Å². The molecule has 2 aliphatic rings. The van der Waals surface area contributed by atoms with Crippen molar-refractivity contribution in [2.75, 3.05) is 43.6 Å². The molecule has 0 radical (unpaired) electrons. The van der Waals surface area contributed by atoms with Crippen LogP contribution in [0.5, 0.6) is 0 Å². The average Bonchev–Trinajstić information content (AvgIpc) is 2.33. The summed E-state index contributed by atoms with van der Waals surface area (Å²) in [5.74, 6) is 3.59. The Morgan fingerprint density at radius 3 is 2.81 bits per heavy atom. The lowest BCUT2D eigenvalue weighted by Crippen LogP contribution is -2.49. The molecular formula is C12H23NOS2. The van der Waals surface area contributed by atoms with E-state index in [2.05, 4.69) is 36.2 Å². The summed E-state index contributed by atoms with van der Waals surface area (Å²) >= 11 is 6.68. The molecule has 0 aliphatic carbocycles. The fourth-order valence-corrected chi connectivity index (χ4v) is 4.10. The van der Waals surface area contributed by atoms with E-state index >= 15 is 0 Å². The molecule has 1 unspecified atom stereocenters. The summed E-state index contributed by atoms with van der Waals surface area (Å²) < 4.78 is 5.49. The third-order valence-electron chi connectivity index (χ3n) is 3.93. The average molecular weight is 261 g/mol. The Labute approximate surface area is 109 Å². The first-order chi connectivity index (χ1) is 7.76. The van der Waals surface area contributed by atoms with Crippen LogP contribution in [0.1, 0.15) is 19.8 Å². The molecule has 0 aromatic rings. The van der Waals surface area contributed by atoms with Gasteiger partial charge in [0.1, 0.15) is 0 Å². The van der Waals surface area contributed by atoms with Crippen molar-refractivity contribution in [2.45, 2.75) is 25.8 Å². The second-order valence-electron chi connectivity index (χ2n) is 5.16. The lowest BCUT2D eigenvalue weighted by atomic mass is 9.81. The van der Waals surface area contributed by atoms with Crippen LogP contribution in [0.25, 0.3) is 0 Å². The van der Waals surface area contributed by atoms with Gasteiger partial charge in [-0.2, -0.15) is 24.4 Å². The van der Waals surface area contributed by atoms with Gasteiger partial charge in [-0.25, -0.2) is 0 Å². The summed E-state index contributed by atoms with van der Waals surface area (Å²) in [5, 5.41) is 0. The fraction of sp³-hybridized carbons (Fsp3) is 1.00. The molecule has 2 fully saturated rings. The highest BCUT2D eigenvalue weighted by atomic mass is 32.2. The lowest BCUT2D eigenvalue weighted by Gasteiger charge is -2.43. The molecule has 2 aliphatic heterocycles. The number of rotatable bonds is 3. The van der Waals surface area contributed by atoms with E-state index in [1.807, 2.05) is 0 Å². The van der Waals surface area contributed by atoms with E-state index in [1.54, 1.807) is 0 Å². The topological polar surface area (TPSA) is 12.5 Å². The molecule has 1 atom stereocenters. The summed E-state index contributed by atoms with van der Waals surface area (Å²) in [6.45, 7) is 6.69. The standard InChI is InChI=1S/C12H23NOS2/c1-11-8-16-7-4-13(11)9-12(10-15)2-5-14-6-3-12/h11,15H,2-10H2,1H3. The minimum absolute atomic E-state index is 0.414. The van der Waals surface area contributed by atoms with Gasteiger partial charge in [0.05, 0.1) is 0 Å². The Kier molecular flexibility index (Phi) is 4.89. The van der Waals surface area contributed by atoms with Crippen LogP contribution in [0.2, 0.25) is 0 Å². The van der Waals surface area contributed by atoms with Crippen molar-refractivity contribution < 1.29 is 4.74 Å². The van der Waals surface area contributed by atoms with Crippen molar-refractivity contribution in [3.8, 4) is 0 Å². The Balaban J connectivity index is 1.93. The summed E-state index contributed by atoms with van der Waals surface area (Å²) in [7, 11) is 0. The van der Waals surface area contributed by atoms with Crippen LogP contribution in [0.15, 0.2) is 0 Å². The first kappa shape index (κ1) is 13.1. The second-order valence-corrected chi connectivity index (χ2v) is 6.63. The number of nitrogens with zero attached hydrogens (tertiary/aromatic N) is 1. The van der Waals surface area contributed by atoms with Crippen LogP contribution >= 0.6 is 24.4 Å². The zero-order valence-corrected chi connectivity index (χ0v) is 11.9. The molecule has 0 spiro atoms. The highest BCUT2D eigenvalue weighted by Crippen LogP contribution is 2.34. The summed E-state index contributed by atoms with van der Waals surface area (Å²) in [6.07, 6.45) is 2.37. The molecule has 2 heterocycles. The molecule has 94 valence electrons. The number of thiol groups is 1. The quantitative estimate of drug-likeness (QED) is 0.782. The molecule has 2 saturated heterocycles. The maximum Gasteiger partial charge on any atom is 0.0472 e. The molecule has 0 aromatic carbocycles. The number of thioether (sulfide) groups is 1. The third kappa shape index (κ3) is 3.09. The maximum atomic E-state index is 5.49. The Bertz CT molecular complexity index is 219. The maximum absolute atomic E-state index is 5.49. The molecule has 0 aromatic heterocycles. The molecule has 0 N–H and O–H groups in total. The predicted octanol–water partition coefficient (Wildman–Crippen LogP) is 2.15. The van der Waals surface area contributed by atoms with Gasteiger partial charge < -0.3 is 4.74 Å². The van der Waals surface area contributed by atoms with Crippen molar-refractivity contribution in [3.05, 3.63) is 0 Å². The van der Waals surface area contributed by atoms with Crippen molar-refractivity contribution >= 4 is 24.4 Å². The summed E-state index contributed by atoms with van der Waals surface area (Å²) in [6, 6.07) is 0.735. The normalized spacial score (nSPS) is 31.5. The molecule has 2 rings (SSSR count). The second kappa shape index (κ2) is 5.98. The molecule has 0 bridgehead atoms. The molecule has 4 heteroatoms. The Morgan fingerprint density at radius 2 is 2.19 bits per heavy atom. The zero-order chi connectivity index (χ0) is 11.4. The smallest absolute Gasteiger partial charge is 0.0472 e. The van der Waals surface area contributed by atoms with Crippen LogP contribution in [-0.4, -0.2) is 54.5 Å². The number of hydrogen-bond acceptors (Lipinski definition) is 4. The van der Waals surface area contributed by atoms with Crippen LogP contribution in [0.4, 0.5) is 0 Å². The molecule has 0 amide bonds. The lowest BCUT2D eigenvalue weighted by molar-refractivity contribution is 0.00353. The van der Waals surface area contributed by atoms with E-state index in [1.165, 1.54) is 37.4 Å². The highest BCUT2D eigenvalue weighted by Gasteiger charge is 2.35. The van der Waals surface area contributed by atoms with E-state index in [0.717, 1.165) is 25.0 Å². The predicted molar refractivity (Wildman–Crippen MR) is 74.7 cm³/mol. The Hall–Kier alpha value is 0.620. The monoisotopic (exact) mass is 261 g/mol. The number of hydrogen-bond donors (Lipinski definition) is 1. The highest BCUT2D eigenvalue weighted by molar-refractivity contribution is 7.99. The summed E-state index contributed by atoms with van der Waals surface area (Å²) in [4.78, 5) is 2.66. The molecular weight excluding hydrogens is 238 g/mol. The van der Waals surface area contributed by atoms with E-state index in [4.69, 9.17) is 4.74 Å². The van der Waals surface area contributed by atoms with E-state index in [-0.39, 0.29) is 0 Å². The van der Waals surface area contributed by atoms with Gasteiger partial charge in [-0.3, -0.25) is 4.90 Å². The van der Waals surface area contributed by atoms with Gasteiger partial charge >= 0.3 is 0 Å². The van der Waals surface area contributed by atoms with Crippen LogP contribution in [-0.2, 0) is 4.74 Å². The van der Waals surface area contributed by atoms with Crippen molar-refractivity contribution in [3.63, 3.8) is 0 Å². The first-order valence-electron chi connectivity index (χ1n) is 6.26. The van der Waals surface area contributed by atoms with E-state index < -0.39 is 0 Å². The van der Waals surface area contributed by atoms with Crippen LogP contribution < -0.4 is 0 Å². The van der Waals surface area contributed by atoms with Crippen molar-refractivity contribution in [1.29, 1.82) is 0 Å². The van der Waals surface area contributed by atoms with Gasteiger partial charge in [0.25, 0.3) is 0 Å². The number of ether oxygens (including phenoxy) is 1. The first-order valence-corrected chi connectivity index (χ1v) is 8.05. The summed E-state index contributed by atoms with van der Waals surface area (Å²) in [5.41, 5.74) is 0.414. The SMILES string of the molecule is CC1CSCCN1CC1(CS)CCOCC1. The van der Waals surface area contributed by atoms with Gasteiger partial charge in [-0.1, -0.05) is 0 Å². The molecule has 0 saturated carbocycles.